The van der Waals surface area contributed by atoms with Crippen molar-refractivity contribution in [2.24, 2.45) is 0 Å². The van der Waals surface area contributed by atoms with E-state index in [1.807, 2.05) is 41.4 Å². The molecule has 4 aromatic rings. The average molecular weight is 452 g/mol. The van der Waals surface area contributed by atoms with E-state index >= 15 is 0 Å². The molecule has 4 aromatic carbocycles. The van der Waals surface area contributed by atoms with E-state index in [0.29, 0.717) is 5.11 Å². The highest BCUT2D eigenvalue weighted by Gasteiger charge is 2.42. The molecule has 0 saturated carbocycles. The predicted molar refractivity (Wildman–Crippen MR) is 138 cm³/mol. The van der Waals surface area contributed by atoms with Gasteiger partial charge in [-0.15, -0.1) is 0 Å². The number of benzene rings is 4. The third-order valence-corrected chi connectivity index (χ3v) is 6.24. The van der Waals surface area contributed by atoms with E-state index in [2.05, 4.69) is 83.5 Å². The number of ether oxygens (including phenoxy) is 1. The Morgan fingerprint density at radius 1 is 0.758 bits per heavy atom. The number of methoxy groups -OCH3 is 1. The topological polar surface area (TPSA) is 36.5 Å². The fourth-order valence-corrected chi connectivity index (χ4v) is 4.55. The van der Waals surface area contributed by atoms with E-state index in [-0.39, 0.29) is 0 Å². The molecule has 1 atom stereocenters. The van der Waals surface area contributed by atoms with Gasteiger partial charge in [0.25, 0.3) is 0 Å². The van der Waals surface area contributed by atoms with Crippen LogP contribution in [0.1, 0.15) is 11.1 Å². The Kier molecular flexibility index (Phi) is 5.82. The summed E-state index contributed by atoms with van der Waals surface area (Å²) >= 11 is 5.77. The number of nitrogens with one attached hydrogen (secondary N) is 2. The lowest BCUT2D eigenvalue weighted by Crippen LogP contribution is -2.50. The molecule has 0 aliphatic carbocycles. The van der Waals surface area contributed by atoms with Crippen LogP contribution in [-0.2, 0) is 12.1 Å². The van der Waals surface area contributed by atoms with Crippen molar-refractivity contribution < 1.29 is 4.74 Å². The zero-order chi connectivity index (χ0) is 22.7. The number of nitrogens with zero attached hydrogens (tertiary/aromatic N) is 1. The molecule has 0 spiro atoms. The highest BCUT2D eigenvalue weighted by molar-refractivity contribution is 7.80. The van der Waals surface area contributed by atoms with E-state index in [4.69, 9.17) is 17.0 Å². The Morgan fingerprint density at radius 2 is 1.36 bits per heavy atom. The van der Waals surface area contributed by atoms with Crippen LogP contribution in [0.2, 0.25) is 0 Å². The molecule has 1 heterocycles. The molecule has 5 heteroatoms. The minimum absolute atomic E-state index is 0.576. The molecular weight excluding hydrogens is 426 g/mol. The second-order valence-electron chi connectivity index (χ2n) is 8.09. The molecule has 1 saturated heterocycles. The molecule has 0 unspecified atom stereocenters. The molecule has 1 fully saturated rings. The molecule has 1 aliphatic rings. The van der Waals surface area contributed by atoms with E-state index < -0.39 is 5.66 Å². The fourth-order valence-electron chi connectivity index (χ4n) is 4.22. The standard InChI is InChI=1S/C28H25N3OS/c1-32-26-18-16-25(17-19-26)31-27(33)29-28(30-31,20-21-8-4-2-5-9-21)24-14-12-23(13-15-24)22-10-6-3-7-11-22/h2-19,30H,20H2,1H3,(H,29,33)/t28-/m0/s1. The van der Waals surface area contributed by atoms with Gasteiger partial charge in [-0.05, 0) is 58.7 Å². The summed E-state index contributed by atoms with van der Waals surface area (Å²) in [5.74, 6) is 0.809. The first-order chi connectivity index (χ1) is 16.2. The van der Waals surface area contributed by atoms with E-state index in [1.54, 1.807) is 7.11 Å². The molecular formula is C28H25N3OS. The number of hydrazine groups is 1. The zero-order valence-electron chi connectivity index (χ0n) is 18.4. The Bertz CT molecular complexity index is 1230. The first-order valence-electron chi connectivity index (χ1n) is 10.9. The van der Waals surface area contributed by atoms with Crippen molar-refractivity contribution in [2.45, 2.75) is 12.1 Å². The lowest BCUT2D eigenvalue weighted by molar-refractivity contribution is 0.347. The maximum atomic E-state index is 5.77. The summed E-state index contributed by atoms with van der Waals surface area (Å²) < 4.78 is 5.31. The lowest BCUT2D eigenvalue weighted by atomic mass is 9.91. The number of thiocarbonyl (C=S) groups is 1. The maximum absolute atomic E-state index is 5.77. The van der Waals surface area contributed by atoms with Gasteiger partial charge in [-0.3, -0.25) is 0 Å². The Hall–Kier alpha value is -3.67. The molecule has 4 nitrogen and oxygen atoms in total. The predicted octanol–water partition coefficient (Wildman–Crippen LogP) is 5.66. The van der Waals surface area contributed by atoms with Crippen molar-refractivity contribution in [1.29, 1.82) is 0 Å². The molecule has 0 aromatic heterocycles. The summed E-state index contributed by atoms with van der Waals surface area (Å²) in [6, 6.07) is 37.4. The van der Waals surface area contributed by atoms with Gasteiger partial charge in [-0.25, -0.2) is 5.01 Å². The van der Waals surface area contributed by atoms with Crippen molar-refractivity contribution in [3.8, 4) is 16.9 Å². The second kappa shape index (κ2) is 9.06. The molecule has 5 rings (SSSR count). The van der Waals surface area contributed by atoms with Crippen LogP contribution in [0.15, 0.2) is 109 Å². The van der Waals surface area contributed by atoms with Crippen LogP contribution in [0.5, 0.6) is 5.75 Å². The molecule has 2 N–H and O–H groups in total. The third kappa shape index (κ3) is 4.33. The van der Waals surface area contributed by atoms with Crippen molar-refractivity contribution in [3.05, 3.63) is 120 Å². The highest BCUT2D eigenvalue weighted by atomic mass is 32.1. The summed E-state index contributed by atoms with van der Waals surface area (Å²) in [6.45, 7) is 0. The SMILES string of the molecule is COc1ccc(N2N[C@@](Cc3ccccc3)(c3ccc(-c4ccccc4)cc3)NC2=S)cc1. The quantitative estimate of drug-likeness (QED) is 0.370. The van der Waals surface area contributed by atoms with E-state index in [1.165, 1.54) is 16.7 Å². The number of anilines is 1. The second-order valence-corrected chi connectivity index (χ2v) is 8.47. The summed E-state index contributed by atoms with van der Waals surface area (Å²) in [5, 5.41) is 6.14. The molecule has 164 valence electrons. The Labute approximate surface area is 199 Å². The average Bonchev–Trinajstić information content (AvgIpc) is 3.22. The van der Waals surface area contributed by atoms with Gasteiger partial charge in [0.15, 0.2) is 5.11 Å². The van der Waals surface area contributed by atoms with Crippen LogP contribution >= 0.6 is 12.2 Å². The van der Waals surface area contributed by atoms with Crippen LogP contribution in [0.4, 0.5) is 5.69 Å². The highest BCUT2D eigenvalue weighted by Crippen LogP contribution is 2.32. The molecule has 0 radical (unpaired) electrons. The summed E-state index contributed by atoms with van der Waals surface area (Å²) in [5.41, 5.74) is 8.75. The summed E-state index contributed by atoms with van der Waals surface area (Å²) in [4.78, 5) is 0. The van der Waals surface area contributed by atoms with E-state index in [0.717, 1.165) is 23.4 Å². The van der Waals surface area contributed by atoms with Gasteiger partial charge >= 0.3 is 0 Å². The maximum Gasteiger partial charge on any atom is 0.190 e. The van der Waals surface area contributed by atoms with Gasteiger partial charge < -0.3 is 10.1 Å². The van der Waals surface area contributed by atoms with Gasteiger partial charge in [-0.2, -0.15) is 5.43 Å². The van der Waals surface area contributed by atoms with Gasteiger partial charge in [0, 0.05) is 6.42 Å². The van der Waals surface area contributed by atoms with Gasteiger partial charge in [-0.1, -0.05) is 84.9 Å². The number of rotatable bonds is 6. The summed E-state index contributed by atoms with van der Waals surface area (Å²) in [6.07, 6.45) is 0.727. The Balaban J connectivity index is 1.51. The minimum atomic E-state index is -0.576. The largest absolute Gasteiger partial charge is 0.497 e. The Morgan fingerprint density at radius 3 is 2.00 bits per heavy atom. The zero-order valence-corrected chi connectivity index (χ0v) is 19.2. The normalized spacial score (nSPS) is 17.6. The van der Waals surface area contributed by atoms with E-state index in [9.17, 15) is 0 Å². The monoisotopic (exact) mass is 451 g/mol. The fraction of sp³-hybridized carbons (Fsp3) is 0.107. The van der Waals surface area contributed by atoms with Crippen LogP contribution < -0.4 is 20.5 Å². The first kappa shape index (κ1) is 21.2. The third-order valence-electron chi connectivity index (χ3n) is 5.95. The van der Waals surface area contributed by atoms with Crippen molar-refractivity contribution >= 4 is 23.0 Å². The number of hydrogen-bond acceptors (Lipinski definition) is 3. The van der Waals surface area contributed by atoms with Gasteiger partial charge in [0.1, 0.15) is 11.4 Å². The molecule has 0 amide bonds. The molecule has 33 heavy (non-hydrogen) atoms. The van der Waals surface area contributed by atoms with Crippen LogP contribution in [0, 0.1) is 0 Å². The van der Waals surface area contributed by atoms with Crippen molar-refractivity contribution in [1.82, 2.24) is 10.7 Å². The van der Waals surface area contributed by atoms with Gasteiger partial charge in [0.2, 0.25) is 0 Å². The smallest absolute Gasteiger partial charge is 0.190 e. The number of hydrogen-bond donors (Lipinski definition) is 2. The molecule has 1 aliphatic heterocycles. The van der Waals surface area contributed by atoms with Crippen LogP contribution in [0.25, 0.3) is 11.1 Å². The van der Waals surface area contributed by atoms with Gasteiger partial charge in [0.05, 0.1) is 12.8 Å². The van der Waals surface area contributed by atoms with Crippen LogP contribution in [-0.4, -0.2) is 12.2 Å². The minimum Gasteiger partial charge on any atom is -0.497 e. The molecule has 0 bridgehead atoms. The first-order valence-corrected chi connectivity index (χ1v) is 11.3. The van der Waals surface area contributed by atoms with Crippen molar-refractivity contribution in [2.75, 3.05) is 12.1 Å². The van der Waals surface area contributed by atoms with Crippen molar-refractivity contribution in [3.63, 3.8) is 0 Å². The van der Waals surface area contributed by atoms with Crippen LogP contribution in [0.3, 0.4) is 0 Å². The lowest BCUT2D eigenvalue weighted by Gasteiger charge is -2.31. The summed E-state index contributed by atoms with van der Waals surface area (Å²) in [7, 11) is 1.67.